The summed E-state index contributed by atoms with van der Waals surface area (Å²) in [7, 11) is 0. The predicted octanol–water partition coefficient (Wildman–Crippen LogP) is 2.85. The molecule has 0 bridgehead atoms. The van der Waals surface area contributed by atoms with Crippen LogP contribution in [0.5, 0.6) is 0 Å². The van der Waals surface area contributed by atoms with Crippen molar-refractivity contribution in [2.24, 2.45) is 0 Å². The number of amides is 1. The third-order valence-corrected chi connectivity index (χ3v) is 3.81. The number of nitrogens with zero attached hydrogens (tertiary/aromatic N) is 4. The number of nitrogens with one attached hydrogen (secondary N) is 1. The molecule has 1 aromatic carbocycles. The number of aromatic nitrogens is 4. The van der Waals surface area contributed by atoms with Gasteiger partial charge in [-0.1, -0.05) is 24.3 Å². The highest BCUT2D eigenvalue weighted by molar-refractivity contribution is 5.91. The lowest BCUT2D eigenvalue weighted by Gasteiger charge is -2.04. The van der Waals surface area contributed by atoms with Gasteiger partial charge in [-0.25, -0.2) is 0 Å². The standard InChI is InChI=1S/C19H15N5O2/c25-19(18-12-22-24(23-18)16-4-2-1-3-5-16)21-11-14-6-7-17(20-10-14)15-8-9-26-13-15/h1-10,12-13H,11H2,(H,21,25). The van der Waals surface area contributed by atoms with Crippen LogP contribution in [0.15, 0.2) is 77.9 Å². The molecule has 0 aliphatic heterocycles. The largest absolute Gasteiger partial charge is 0.472 e. The molecule has 0 saturated heterocycles. The summed E-state index contributed by atoms with van der Waals surface area (Å²) in [6.45, 7) is 0.357. The minimum atomic E-state index is -0.286. The molecule has 0 aliphatic rings. The zero-order valence-corrected chi connectivity index (χ0v) is 13.7. The van der Waals surface area contributed by atoms with Crippen LogP contribution in [0.4, 0.5) is 0 Å². The van der Waals surface area contributed by atoms with Crippen molar-refractivity contribution in [3.63, 3.8) is 0 Å². The van der Waals surface area contributed by atoms with Crippen molar-refractivity contribution in [2.45, 2.75) is 6.54 Å². The summed E-state index contributed by atoms with van der Waals surface area (Å²) in [4.78, 5) is 18.1. The third kappa shape index (κ3) is 3.36. The first-order valence-electron chi connectivity index (χ1n) is 8.03. The predicted molar refractivity (Wildman–Crippen MR) is 94.5 cm³/mol. The molecule has 0 spiro atoms. The van der Waals surface area contributed by atoms with Gasteiger partial charge in [0.1, 0.15) is 0 Å². The molecule has 0 atom stereocenters. The first-order chi connectivity index (χ1) is 12.8. The normalized spacial score (nSPS) is 10.6. The van der Waals surface area contributed by atoms with E-state index in [2.05, 4.69) is 20.5 Å². The fraction of sp³-hybridized carbons (Fsp3) is 0.0526. The quantitative estimate of drug-likeness (QED) is 0.601. The van der Waals surface area contributed by atoms with Gasteiger partial charge in [-0.2, -0.15) is 9.90 Å². The lowest BCUT2D eigenvalue weighted by Crippen LogP contribution is -2.23. The number of pyridine rings is 1. The summed E-state index contributed by atoms with van der Waals surface area (Å²) in [6, 6.07) is 15.1. The molecular weight excluding hydrogens is 330 g/mol. The minimum Gasteiger partial charge on any atom is -0.472 e. The van der Waals surface area contributed by atoms with Gasteiger partial charge in [0.25, 0.3) is 5.91 Å². The van der Waals surface area contributed by atoms with E-state index in [0.717, 1.165) is 22.5 Å². The molecule has 3 heterocycles. The summed E-state index contributed by atoms with van der Waals surface area (Å²) in [5, 5.41) is 11.2. The first kappa shape index (κ1) is 15.8. The molecule has 1 N–H and O–H groups in total. The van der Waals surface area contributed by atoms with Crippen molar-refractivity contribution in [3.8, 4) is 16.9 Å². The van der Waals surface area contributed by atoms with Gasteiger partial charge in [0, 0.05) is 18.3 Å². The maximum absolute atomic E-state index is 12.3. The average Bonchev–Trinajstić information content (AvgIpc) is 3.39. The molecule has 1 amide bonds. The molecule has 7 heteroatoms. The molecule has 4 aromatic rings. The second kappa shape index (κ2) is 7.02. The van der Waals surface area contributed by atoms with Crippen molar-refractivity contribution in [1.82, 2.24) is 25.3 Å². The van der Waals surface area contributed by atoms with E-state index in [-0.39, 0.29) is 11.6 Å². The summed E-state index contributed by atoms with van der Waals surface area (Å²) < 4.78 is 5.05. The summed E-state index contributed by atoms with van der Waals surface area (Å²) >= 11 is 0. The van der Waals surface area contributed by atoms with E-state index in [1.165, 1.54) is 11.0 Å². The van der Waals surface area contributed by atoms with Crippen LogP contribution in [0.3, 0.4) is 0 Å². The molecule has 4 rings (SSSR count). The van der Waals surface area contributed by atoms with Crippen LogP contribution in [0.2, 0.25) is 0 Å². The van der Waals surface area contributed by atoms with Crippen LogP contribution >= 0.6 is 0 Å². The van der Waals surface area contributed by atoms with E-state index in [4.69, 9.17) is 4.42 Å². The summed E-state index contributed by atoms with van der Waals surface area (Å²) in [6.07, 6.45) is 6.42. The number of para-hydroxylation sites is 1. The van der Waals surface area contributed by atoms with E-state index in [9.17, 15) is 4.79 Å². The second-order valence-electron chi connectivity index (χ2n) is 5.60. The van der Waals surface area contributed by atoms with Crippen molar-refractivity contribution in [3.05, 3.63) is 84.7 Å². The Bertz CT molecular complexity index is 992. The average molecular weight is 345 g/mol. The number of carbonyl (C=O) groups is 1. The topological polar surface area (TPSA) is 85.8 Å². The van der Waals surface area contributed by atoms with Crippen molar-refractivity contribution < 1.29 is 9.21 Å². The Kier molecular flexibility index (Phi) is 4.26. The highest BCUT2D eigenvalue weighted by Gasteiger charge is 2.11. The van der Waals surface area contributed by atoms with Gasteiger partial charge < -0.3 is 9.73 Å². The summed E-state index contributed by atoms with van der Waals surface area (Å²) in [5.74, 6) is -0.286. The SMILES string of the molecule is O=C(NCc1ccc(-c2ccoc2)nc1)c1cnn(-c2ccccc2)n1. The Balaban J connectivity index is 1.39. The van der Waals surface area contributed by atoms with E-state index in [0.29, 0.717) is 6.54 Å². The smallest absolute Gasteiger partial charge is 0.273 e. The number of hydrogen-bond acceptors (Lipinski definition) is 5. The lowest BCUT2D eigenvalue weighted by atomic mass is 10.2. The molecule has 3 aromatic heterocycles. The third-order valence-electron chi connectivity index (χ3n) is 3.81. The van der Waals surface area contributed by atoms with Crippen molar-refractivity contribution in [1.29, 1.82) is 0 Å². The zero-order valence-electron chi connectivity index (χ0n) is 13.7. The fourth-order valence-electron chi connectivity index (χ4n) is 2.44. The zero-order chi connectivity index (χ0) is 17.8. The Morgan fingerprint density at radius 1 is 1.08 bits per heavy atom. The number of carbonyl (C=O) groups excluding carboxylic acids is 1. The van der Waals surface area contributed by atoms with Crippen LogP contribution in [0.25, 0.3) is 16.9 Å². The second-order valence-corrected chi connectivity index (χ2v) is 5.60. The number of hydrogen-bond donors (Lipinski definition) is 1. The van der Waals surface area contributed by atoms with Crippen LogP contribution in [0, 0.1) is 0 Å². The van der Waals surface area contributed by atoms with Crippen molar-refractivity contribution >= 4 is 5.91 Å². The molecule has 0 aliphatic carbocycles. The maximum atomic E-state index is 12.3. The Morgan fingerprint density at radius 2 is 1.96 bits per heavy atom. The Hall–Kier alpha value is -3.74. The molecule has 0 fully saturated rings. The highest BCUT2D eigenvalue weighted by atomic mass is 16.3. The monoisotopic (exact) mass is 345 g/mol. The van der Waals surface area contributed by atoms with Crippen LogP contribution in [0.1, 0.15) is 16.1 Å². The van der Waals surface area contributed by atoms with Gasteiger partial charge in [-0.3, -0.25) is 9.78 Å². The molecule has 0 radical (unpaired) electrons. The Morgan fingerprint density at radius 3 is 2.69 bits per heavy atom. The van der Waals surface area contributed by atoms with E-state index in [1.54, 1.807) is 18.7 Å². The van der Waals surface area contributed by atoms with Gasteiger partial charge in [0.05, 0.1) is 30.1 Å². The molecule has 0 unspecified atom stereocenters. The van der Waals surface area contributed by atoms with Gasteiger partial charge in [-0.05, 0) is 29.8 Å². The summed E-state index contributed by atoms with van der Waals surface area (Å²) in [5.41, 5.74) is 3.68. The van der Waals surface area contributed by atoms with Crippen LogP contribution in [-0.4, -0.2) is 25.9 Å². The van der Waals surface area contributed by atoms with Gasteiger partial charge in [0.15, 0.2) is 5.69 Å². The molecule has 128 valence electrons. The Labute approximate surface area is 149 Å². The molecule has 0 saturated carbocycles. The number of benzene rings is 1. The minimum absolute atomic E-state index is 0.261. The lowest BCUT2D eigenvalue weighted by molar-refractivity contribution is 0.0945. The van der Waals surface area contributed by atoms with Gasteiger partial charge in [-0.15, -0.1) is 5.10 Å². The highest BCUT2D eigenvalue weighted by Crippen LogP contribution is 2.17. The van der Waals surface area contributed by atoms with Crippen LogP contribution < -0.4 is 5.32 Å². The van der Waals surface area contributed by atoms with Gasteiger partial charge in [0.2, 0.25) is 0 Å². The van der Waals surface area contributed by atoms with Gasteiger partial charge >= 0.3 is 0 Å². The number of rotatable bonds is 5. The van der Waals surface area contributed by atoms with Crippen molar-refractivity contribution in [2.75, 3.05) is 0 Å². The fourth-order valence-corrected chi connectivity index (χ4v) is 2.44. The number of furan rings is 1. The maximum Gasteiger partial charge on any atom is 0.273 e. The van der Waals surface area contributed by atoms with E-state index in [1.807, 2.05) is 48.5 Å². The van der Waals surface area contributed by atoms with Crippen LogP contribution in [-0.2, 0) is 6.54 Å². The molecule has 26 heavy (non-hydrogen) atoms. The van der Waals surface area contributed by atoms with E-state index >= 15 is 0 Å². The first-order valence-corrected chi connectivity index (χ1v) is 8.03. The molecular formula is C19H15N5O2. The van der Waals surface area contributed by atoms with E-state index < -0.39 is 0 Å². The molecule has 7 nitrogen and oxygen atoms in total.